The van der Waals surface area contributed by atoms with E-state index in [2.05, 4.69) is 55.2 Å². The van der Waals surface area contributed by atoms with Gasteiger partial charge in [-0.15, -0.1) is 0 Å². The average molecular weight is 434 g/mol. The Labute approximate surface area is 189 Å². The van der Waals surface area contributed by atoms with E-state index in [4.69, 9.17) is 9.47 Å². The van der Waals surface area contributed by atoms with Crippen LogP contribution in [0, 0.1) is 0 Å². The van der Waals surface area contributed by atoms with E-state index in [-0.39, 0.29) is 17.4 Å². The number of hydrogen-bond acceptors (Lipinski definition) is 4. The number of benzene rings is 2. The van der Waals surface area contributed by atoms with Gasteiger partial charge in [-0.25, -0.2) is 0 Å². The zero-order valence-electron chi connectivity index (χ0n) is 19.4. The highest BCUT2D eigenvalue weighted by Crippen LogP contribution is 2.43. The standard InChI is InChI=1S/C26H31N3O3/c1-26(2,3)19-12-10-17(11-13-19)24-21-22(18-8-6-9-20(16-18)32-5)27-28-23(21)25(30)29(24)14-7-15-31-4/h6,8-13,16,24H,7,14-15H2,1-5H3,(H,27,28). The van der Waals surface area contributed by atoms with Crippen LogP contribution >= 0.6 is 0 Å². The summed E-state index contributed by atoms with van der Waals surface area (Å²) >= 11 is 0. The predicted octanol–water partition coefficient (Wildman–Crippen LogP) is 4.96. The molecule has 32 heavy (non-hydrogen) atoms. The van der Waals surface area contributed by atoms with Crippen molar-refractivity contribution in [2.75, 3.05) is 27.4 Å². The van der Waals surface area contributed by atoms with E-state index >= 15 is 0 Å². The van der Waals surface area contributed by atoms with Crippen molar-refractivity contribution in [3.05, 3.63) is 70.9 Å². The van der Waals surface area contributed by atoms with E-state index in [1.165, 1.54) is 5.56 Å². The fraction of sp³-hybridized carbons (Fsp3) is 0.385. The van der Waals surface area contributed by atoms with Crippen molar-refractivity contribution in [3.63, 3.8) is 0 Å². The van der Waals surface area contributed by atoms with Crippen molar-refractivity contribution in [3.8, 4) is 17.0 Å². The van der Waals surface area contributed by atoms with Crippen molar-refractivity contribution < 1.29 is 14.3 Å². The lowest BCUT2D eigenvalue weighted by Crippen LogP contribution is -2.31. The minimum Gasteiger partial charge on any atom is -0.497 e. The van der Waals surface area contributed by atoms with E-state index in [1.54, 1.807) is 14.2 Å². The monoisotopic (exact) mass is 433 g/mol. The van der Waals surface area contributed by atoms with Gasteiger partial charge < -0.3 is 14.4 Å². The molecule has 1 aliphatic heterocycles. The second-order valence-corrected chi connectivity index (χ2v) is 9.21. The van der Waals surface area contributed by atoms with E-state index in [9.17, 15) is 4.79 Å². The predicted molar refractivity (Wildman–Crippen MR) is 125 cm³/mol. The smallest absolute Gasteiger partial charge is 0.273 e. The summed E-state index contributed by atoms with van der Waals surface area (Å²) in [4.78, 5) is 15.3. The minimum atomic E-state index is -0.205. The van der Waals surface area contributed by atoms with Crippen molar-refractivity contribution in [1.82, 2.24) is 15.1 Å². The van der Waals surface area contributed by atoms with Gasteiger partial charge in [0.05, 0.1) is 18.8 Å². The van der Waals surface area contributed by atoms with Crippen LogP contribution in [0.3, 0.4) is 0 Å². The summed E-state index contributed by atoms with van der Waals surface area (Å²) in [6.07, 6.45) is 0.769. The molecule has 2 aromatic carbocycles. The largest absolute Gasteiger partial charge is 0.497 e. The van der Waals surface area contributed by atoms with Crippen molar-refractivity contribution in [1.29, 1.82) is 0 Å². The molecule has 6 nitrogen and oxygen atoms in total. The Balaban J connectivity index is 1.80. The Morgan fingerprint density at radius 3 is 2.50 bits per heavy atom. The molecular formula is C26H31N3O3. The molecule has 0 spiro atoms. The SMILES string of the molecule is COCCCN1C(=O)c2[nH]nc(-c3cccc(OC)c3)c2C1c1ccc(C(C)(C)C)cc1. The third kappa shape index (κ3) is 4.02. The Morgan fingerprint density at radius 1 is 1.09 bits per heavy atom. The molecule has 1 unspecified atom stereocenters. The summed E-state index contributed by atoms with van der Waals surface area (Å²) in [6.45, 7) is 7.82. The fourth-order valence-corrected chi connectivity index (χ4v) is 4.31. The maximum absolute atomic E-state index is 13.4. The first-order valence-electron chi connectivity index (χ1n) is 11.0. The molecule has 0 bridgehead atoms. The van der Waals surface area contributed by atoms with E-state index in [1.807, 2.05) is 29.2 Å². The fourth-order valence-electron chi connectivity index (χ4n) is 4.31. The van der Waals surface area contributed by atoms with Gasteiger partial charge >= 0.3 is 0 Å². The highest BCUT2D eigenvalue weighted by atomic mass is 16.5. The molecule has 3 aromatic rings. The minimum absolute atomic E-state index is 0.0253. The zero-order valence-corrected chi connectivity index (χ0v) is 19.4. The number of hydrogen-bond donors (Lipinski definition) is 1. The van der Waals surface area contributed by atoms with Crippen LogP contribution in [0.25, 0.3) is 11.3 Å². The van der Waals surface area contributed by atoms with Gasteiger partial charge in [0.15, 0.2) is 0 Å². The third-order valence-electron chi connectivity index (χ3n) is 6.05. The quantitative estimate of drug-likeness (QED) is 0.535. The van der Waals surface area contributed by atoms with Crippen LogP contribution < -0.4 is 4.74 Å². The first-order valence-corrected chi connectivity index (χ1v) is 11.0. The summed E-state index contributed by atoms with van der Waals surface area (Å²) < 4.78 is 10.6. The maximum Gasteiger partial charge on any atom is 0.273 e. The molecule has 1 atom stereocenters. The lowest BCUT2D eigenvalue weighted by atomic mass is 9.85. The highest BCUT2D eigenvalue weighted by Gasteiger charge is 2.42. The van der Waals surface area contributed by atoms with Gasteiger partial charge in [0, 0.05) is 31.4 Å². The zero-order chi connectivity index (χ0) is 22.9. The number of ether oxygens (including phenoxy) is 2. The first kappa shape index (κ1) is 22.1. The van der Waals surface area contributed by atoms with Crippen LogP contribution in [0.15, 0.2) is 48.5 Å². The van der Waals surface area contributed by atoms with Gasteiger partial charge in [0.2, 0.25) is 0 Å². The number of nitrogens with zero attached hydrogens (tertiary/aromatic N) is 2. The molecule has 0 saturated carbocycles. The van der Waals surface area contributed by atoms with E-state index in [0.717, 1.165) is 34.6 Å². The molecule has 1 N–H and O–H groups in total. The molecule has 1 amide bonds. The Hall–Kier alpha value is -3.12. The summed E-state index contributed by atoms with van der Waals surface area (Å²) in [7, 11) is 3.33. The van der Waals surface area contributed by atoms with Gasteiger partial charge in [0.1, 0.15) is 11.4 Å². The number of nitrogens with one attached hydrogen (secondary N) is 1. The summed E-state index contributed by atoms with van der Waals surface area (Å²) in [6, 6.07) is 16.2. The molecule has 2 heterocycles. The number of rotatable bonds is 7. The van der Waals surface area contributed by atoms with Crippen LogP contribution in [-0.2, 0) is 10.2 Å². The Kier molecular flexibility index (Phi) is 6.07. The molecule has 4 rings (SSSR count). The molecule has 0 fully saturated rings. The third-order valence-corrected chi connectivity index (χ3v) is 6.05. The number of methoxy groups -OCH3 is 2. The lowest BCUT2D eigenvalue weighted by Gasteiger charge is -2.27. The highest BCUT2D eigenvalue weighted by molar-refractivity contribution is 6.00. The number of aromatic amines is 1. The van der Waals surface area contributed by atoms with Gasteiger partial charge in [-0.2, -0.15) is 5.10 Å². The molecule has 0 aliphatic carbocycles. The molecular weight excluding hydrogens is 402 g/mol. The number of H-pyrrole nitrogens is 1. The maximum atomic E-state index is 13.4. The summed E-state index contributed by atoms with van der Waals surface area (Å²) in [5.74, 6) is 0.731. The van der Waals surface area contributed by atoms with Crippen LogP contribution in [-0.4, -0.2) is 48.4 Å². The number of amides is 1. The Morgan fingerprint density at radius 2 is 1.84 bits per heavy atom. The normalized spacial score (nSPS) is 15.8. The van der Waals surface area contributed by atoms with Crippen LogP contribution in [0.1, 0.15) is 60.4 Å². The van der Waals surface area contributed by atoms with Gasteiger partial charge in [-0.3, -0.25) is 9.89 Å². The number of aromatic nitrogens is 2. The molecule has 0 saturated heterocycles. The Bertz CT molecular complexity index is 1100. The number of carbonyl (C=O) groups is 1. The lowest BCUT2D eigenvalue weighted by molar-refractivity contribution is 0.0723. The van der Waals surface area contributed by atoms with Crippen molar-refractivity contribution >= 4 is 5.91 Å². The van der Waals surface area contributed by atoms with Crippen LogP contribution in [0.4, 0.5) is 0 Å². The second-order valence-electron chi connectivity index (χ2n) is 9.21. The topological polar surface area (TPSA) is 67.5 Å². The summed E-state index contributed by atoms with van der Waals surface area (Å²) in [5, 5.41) is 7.56. The molecule has 1 aromatic heterocycles. The first-order chi connectivity index (χ1) is 15.3. The molecule has 1 aliphatic rings. The van der Waals surface area contributed by atoms with Gasteiger partial charge in [-0.1, -0.05) is 57.2 Å². The van der Waals surface area contributed by atoms with Crippen LogP contribution in [0.5, 0.6) is 5.75 Å². The number of carbonyl (C=O) groups excluding carboxylic acids is 1. The molecule has 168 valence electrons. The molecule has 0 radical (unpaired) electrons. The van der Waals surface area contributed by atoms with Gasteiger partial charge in [-0.05, 0) is 35.1 Å². The van der Waals surface area contributed by atoms with Crippen molar-refractivity contribution in [2.45, 2.75) is 38.6 Å². The van der Waals surface area contributed by atoms with Gasteiger partial charge in [0.25, 0.3) is 5.91 Å². The van der Waals surface area contributed by atoms with E-state index in [0.29, 0.717) is 18.8 Å². The van der Waals surface area contributed by atoms with E-state index < -0.39 is 0 Å². The van der Waals surface area contributed by atoms with Crippen molar-refractivity contribution in [2.24, 2.45) is 0 Å². The molecule has 6 heteroatoms. The number of fused-ring (bicyclic) bond motifs is 1. The second kappa shape index (κ2) is 8.79. The van der Waals surface area contributed by atoms with Crippen LogP contribution in [0.2, 0.25) is 0 Å². The summed E-state index contributed by atoms with van der Waals surface area (Å²) in [5.41, 5.74) is 5.59. The average Bonchev–Trinajstić information content (AvgIpc) is 3.33.